The highest BCUT2D eigenvalue weighted by Gasteiger charge is 2.08. The minimum Gasteiger partial charge on any atom is -0.391 e. The van der Waals surface area contributed by atoms with Crippen LogP contribution in [0.5, 0.6) is 0 Å². The number of nitrogens with zero attached hydrogens (tertiary/aromatic N) is 1. The average molecular weight is 332 g/mol. The summed E-state index contributed by atoms with van der Waals surface area (Å²) in [5, 5.41) is 14.7. The Labute approximate surface area is 120 Å². The van der Waals surface area contributed by atoms with E-state index in [0.29, 0.717) is 16.6 Å². The van der Waals surface area contributed by atoms with E-state index in [2.05, 4.69) is 26.6 Å². The molecule has 0 spiro atoms. The maximum absolute atomic E-state index is 11.6. The van der Waals surface area contributed by atoms with E-state index < -0.39 is 12.1 Å². The van der Waals surface area contributed by atoms with Crippen LogP contribution < -0.4 is 16.2 Å². The maximum Gasteiger partial charge on any atom is 0.319 e. The van der Waals surface area contributed by atoms with Gasteiger partial charge in [0.1, 0.15) is 0 Å². The molecule has 6 nitrogen and oxygen atoms in total. The van der Waals surface area contributed by atoms with Crippen molar-refractivity contribution in [1.82, 2.24) is 9.88 Å². The second-order valence-electron chi connectivity index (χ2n) is 4.27. The van der Waals surface area contributed by atoms with Crippen LogP contribution in [0.15, 0.2) is 21.5 Å². The van der Waals surface area contributed by atoms with Gasteiger partial charge in [-0.05, 0) is 28.4 Å². The van der Waals surface area contributed by atoms with Gasteiger partial charge < -0.3 is 20.3 Å². The number of aliphatic hydroxyl groups excluding tert-OH is 1. The normalized spacial score (nSPS) is 12.0. The van der Waals surface area contributed by atoms with E-state index in [-0.39, 0.29) is 12.1 Å². The first-order valence-electron chi connectivity index (χ1n) is 6.03. The zero-order valence-corrected chi connectivity index (χ0v) is 12.5. The molecule has 0 aliphatic heterocycles. The van der Waals surface area contributed by atoms with Gasteiger partial charge in [-0.3, -0.25) is 4.79 Å². The third-order valence-electron chi connectivity index (χ3n) is 2.52. The number of aliphatic hydroxyl groups is 1. The number of hydrogen-bond acceptors (Lipinski definition) is 3. The van der Waals surface area contributed by atoms with Crippen molar-refractivity contribution in [2.75, 3.05) is 11.9 Å². The summed E-state index contributed by atoms with van der Waals surface area (Å²) in [5.74, 6) is 0. The lowest BCUT2D eigenvalue weighted by Gasteiger charge is -2.12. The summed E-state index contributed by atoms with van der Waals surface area (Å²) in [6.45, 7) is 2.16. The molecule has 1 aromatic rings. The number of hydrogen-bond donors (Lipinski definition) is 3. The van der Waals surface area contributed by atoms with Gasteiger partial charge in [-0.1, -0.05) is 13.3 Å². The van der Waals surface area contributed by atoms with Gasteiger partial charge in [0.25, 0.3) is 5.56 Å². The van der Waals surface area contributed by atoms with Gasteiger partial charge in [0.05, 0.1) is 16.3 Å². The number of carbonyl (C=O) groups excluding carboxylic acids is 1. The predicted molar refractivity (Wildman–Crippen MR) is 77.3 cm³/mol. The Morgan fingerprint density at radius 2 is 2.26 bits per heavy atom. The summed E-state index contributed by atoms with van der Waals surface area (Å²) in [6.07, 6.45) is 2.49. The van der Waals surface area contributed by atoms with Crippen LogP contribution in [-0.4, -0.2) is 28.4 Å². The first-order valence-corrected chi connectivity index (χ1v) is 6.82. The monoisotopic (exact) mass is 331 g/mol. The van der Waals surface area contributed by atoms with Crippen molar-refractivity contribution in [3.05, 3.63) is 27.1 Å². The first-order chi connectivity index (χ1) is 8.93. The van der Waals surface area contributed by atoms with E-state index in [9.17, 15) is 14.7 Å². The van der Waals surface area contributed by atoms with Gasteiger partial charge in [0.2, 0.25) is 0 Å². The fourth-order valence-electron chi connectivity index (χ4n) is 1.56. The van der Waals surface area contributed by atoms with E-state index in [4.69, 9.17) is 0 Å². The third kappa shape index (κ3) is 5.04. The number of aryl methyl sites for hydroxylation is 1. The summed E-state index contributed by atoms with van der Waals surface area (Å²) >= 11 is 3.12. The molecule has 1 unspecified atom stereocenters. The van der Waals surface area contributed by atoms with Crippen LogP contribution in [0, 0.1) is 0 Å². The van der Waals surface area contributed by atoms with E-state index in [1.807, 2.05) is 6.92 Å². The molecule has 0 radical (unpaired) electrons. The van der Waals surface area contributed by atoms with Crippen LogP contribution >= 0.6 is 15.9 Å². The zero-order valence-electron chi connectivity index (χ0n) is 10.9. The van der Waals surface area contributed by atoms with Gasteiger partial charge >= 0.3 is 6.03 Å². The fourth-order valence-corrected chi connectivity index (χ4v) is 2.09. The summed E-state index contributed by atoms with van der Waals surface area (Å²) in [6, 6.07) is 1.12. The van der Waals surface area contributed by atoms with Crippen molar-refractivity contribution in [3.8, 4) is 0 Å². The number of pyridine rings is 1. The molecule has 106 valence electrons. The Morgan fingerprint density at radius 1 is 1.58 bits per heavy atom. The van der Waals surface area contributed by atoms with Gasteiger partial charge in [-0.25, -0.2) is 4.79 Å². The van der Waals surface area contributed by atoms with Gasteiger partial charge in [0.15, 0.2) is 0 Å². The van der Waals surface area contributed by atoms with Crippen LogP contribution in [0.1, 0.15) is 19.8 Å². The number of nitrogens with one attached hydrogen (secondary N) is 2. The molecule has 0 bridgehead atoms. The van der Waals surface area contributed by atoms with Crippen molar-refractivity contribution in [3.63, 3.8) is 0 Å². The molecule has 0 aliphatic rings. The van der Waals surface area contributed by atoms with Crippen LogP contribution in [0.4, 0.5) is 10.5 Å². The lowest BCUT2D eigenvalue weighted by atomic mass is 10.2. The van der Waals surface area contributed by atoms with Crippen molar-refractivity contribution < 1.29 is 9.90 Å². The molecule has 1 aromatic heterocycles. The molecule has 2 amide bonds. The minimum atomic E-state index is -0.539. The molecule has 0 aromatic carbocycles. The average Bonchev–Trinajstić information content (AvgIpc) is 2.34. The maximum atomic E-state index is 11.6. The Hall–Kier alpha value is -1.34. The highest BCUT2D eigenvalue weighted by Crippen LogP contribution is 2.11. The van der Waals surface area contributed by atoms with Gasteiger partial charge in [0, 0.05) is 19.8 Å². The number of urea groups is 1. The molecular weight excluding hydrogens is 314 g/mol. The van der Waals surface area contributed by atoms with E-state index >= 15 is 0 Å². The van der Waals surface area contributed by atoms with E-state index in [1.54, 1.807) is 7.05 Å². The molecule has 3 N–H and O–H groups in total. The smallest absolute Gasteiger partial charge is 0.319 e. The van der Waals surface area contributed by atoms with Crippen molar-refractivity contribution in [2.45, 2.75) is 25.9 Å². The second kappa shape index (κ2) is 7.30. The van der Waals surface area contributed by atoms with E-state index in [0.717, 1.165) is 6.42 Å². The fraction of sp³-hybridized carbons (Fsp3) is 0.500. The Morgan fingerprint density at radius 3 is 2.84 bits per heavy atom. The molecule has 0 fully saturated rings. The largest absolute Gasteiger partial charge is 0.391 e. The van der Waals surface area contributed by atoms with E-state index in [1.165, 1.54) is 16.8 Å². The number of rotatable bonds is 5. The minimum absolute atomic E-state index is 0.177. The Bertz CT molecular complexity index is 475. The summed E-state index contributed by atoms with van der Waals surface area (Å²) < 4.78 is 1.74. The Kier molecular flexibility index (Phi) is 6.04. The molecule has 19 heavy (non-hydrogen) atoms. The summed E-state index contributed by atoms with van der Waals surface area (Å²) in [7, 11) is 1.60. The second-order valence-corrected chi connectivity index (χ2v) is 5.12. The molecule has 0 saturated carbocycles. The lowest BCUT2D eigenvalue weighted by molar-refractivity contribution is 0.162. The van der Waals surface area contributed by atoms with Crippen molar-refractivity contribution in [1.29, 1.82) is 0 Å². The molecule has 7 heteroatoms. The molecule has 1 heterocycles. The highest BCUT2D eigenvalue weighted by molar-refractivity contribution is 9.10. The van der Waals surface area contributed by atoms with Crippen LogP contribution in [0.2, 0.25) is 0 Å². The lowest BCUT2D eigenvalue weighted by Crippen LogP contribution is -2.35. The number of anilines is 1. The van der Waals surface area contributed by atoms with Gasteiger partial charge in [-0.15, -0.1) is 0 Å². The predicted octanol–water partition coefficient (Wildman–Crippen LogP) is 1.43. The molecule has 1 atom stereocenters. The van der Waals surface area contributed by atoms with Crippen LogP contribution in [0.25, 0.3) is 0 Å². The number of carbonyl (C=O) groups is 1. The SMILES string of the molecule is CCCC(O)CNC(=O)Nc1cc(Br)c(=O)n(C)c1. The quantitative estimate of drug-likeness (QED) is 0.763. The Balaban J connectivity index is 2.55. The van der Waals surface area contributed by atoms with Crippen molar-refractivity contribution >= 4 is 27.6 Å². The van der Waals surface area contributed by atoms with Gasteiger partial charge in [-0.2, -0.15) is 0 Å². The summed E-state index contributed by atoms with van der Waals surface area (Å²) in [4.78, 5) is 23.0. The zero-order chi connectivity index (χ0) is 14.4. The highest BCUT2D eigenvalue weighted by atomic mass is 79.9. The third-order valence-corrected chi connectivity index (χ3v) is 3.09. The van der Waals surface area contributed by atoms with Crippen LogP contribution in [-0.2, 0) is 7.05 Å². The number of aromatic nitrogens is 1. The number of amides is 2. The summed E-state index contributed by atoms with van der Waals surface area (Å²) in [5.41, 5.74) is 0.320. The molecule has 1 rings (SSSR count). The standard InChI is InChI=1S/C12H18BrN3O3/c1-3-4-9(17)6-14-12(19)15-8-5-10(13)11(18)16(2)7-8/h5,7,9,17H,3-4,6H2,1-2H3,(H2,14,15,19). The molecular formula is C12H18BrN3O3. The molecule has 0 aliphatic carbocycles. The number of halogens is 1. The van der Waals surface area contributed by atoms with Crippen LogP contribution in [0.3, 0.4) is 0 Å². The topological polar surface area (TPSA) is 83.4 Å². The van der Waals surface area contributed by atoms with Crippen molar-refractivity contribution in [2.24, 2.45) is 7.05 Å². The first kappa shape index (κ1) is 15.7. The molecule has 0 saturated heterocycles.